The second-order valence-electron chi connectivity index (χ2n) is 5.03. The quantitative estimate of drug-likeness (QED) is 0.605. The van der Waals surface area contributed by atoms with Crippen molar-refractivity contribution in [1.82, 2.24) is 30.4 Å². The van der Waals surface area contributed by atoms with Gasteiger partial charge in [0.1, 0.15) is 5.69 Å². The maximum Gasteiger partial charge on any atom is 0.204 e. The first kappa shape index (κ1) is 13.2. The zero-order chi connectivity index (χ0) is 15.6. The zero-order valence-corrected chi connectivity index (χ0v) is 12.1. The van der Waals surface area contributed by atoms with Crippen molar-refractivity contribution in [1.29, 1.82) is 0 Å². The highest BCUT2D eigenvalue weighted by Crippen LogP contribution is 2.25. The maximum atomic E-state index is 6.10. The van der Waals surface area contributed by atoms with Crippen LogP contribution in [0, 0.1) is 0 Å². The number of nitrogens with one attached hydrogen (secondary N) is 1. The van der Waals surface area contributed by atoms with Gasteiger partial charge < -0.3 is 5.73 Å². The van der Waals surface area contributed by atoms with Crippen LogP contribution < -0.4 is 5.73 Å². The summed E-state index contributed by atoms with van der Waals surface area (Å²) in [5.41, 5.74) is 10.3. The lowest BCUT2D eigenvalue weighted by Gasteiger charge is -2.02. The van der Waals surface area contributed by atoms with Crippen LogP contribution in [0.15, 0.2) is 60.8 Å². The molecule has 0 aliphatic heterocycles. The predicted molar refractivity (Wildman–Crippen MR) is 86.6 cm³/mol. The number of H-pyrrole nitrogens is 1. The number of hydrogen-bond donors (Lipinski definition) is 2. The number of nitrogens with two attached hydrogens (primary N) is 1. The van der Waals surface area contributed by atoms with E-state index in [2.05, 4.69) is 25.7 Å². The SMILES string of the molecule is Nc1cn(-c2ccc(-c3nn[nH]n3)cc2)nc1-c1ccccc1. The average Bonchev–Trinajstić information content (AvgIpc) is 3.26. The Balaban J connectivity index is 1.69. The van der Waals surface area contributed by atoms with Crippen molar-refractivity contribution < 1.29 is 0 Å². The topological polar surface area (TPSA) is 98.3 Å². The lowest BCUT2D eigenvalue weighted by molar-refractivity contribution is 0.881. The Hall–Kier alpha value is -3.48. The molecule has 0 saturated carbocycles. The van der Waals surface area contributed by atoms with E-state index in [0.29, 0.717) is 11.5 Å². The van der Waals surface area contributed by atoms with Crippen LogP contribution in [-0.2, 0) is 0 Å². The minimum absolute atomic E-state index is 0.557. The largest absolute Gasteiger partial charge is 0.396 e. The van der Waals surface area contributed by atoms with E-state index in [0.717, 1.165) is 22.5 Å². The minimum atomic E-state index is 0.557. The molecule has 0 amide bonds. The van der Waals surface area contributed by atoms with Crippen LogP contribution >= 0.6 is 0 Å². The van der Waals surface area contributed by atoms with Crippen molar-refractivity contribution in [3.63, 3.8) is 0 Å². The molecule has 0 spiro atoms. The molecule has 7 nitrogen and oxygen atoms in total. The van der Waals surface area contributed by atoms with E-state index >= 15 is 0 Å². The predicted octanol–water partition coefficient (Wildman–Crippen LogP) is 2.30. The molecule has 0 fully saturated rings. The van der Waals surface area contributed by atoms with Gasteiger partial charge in [-0.25, -0.2) is 4.68 Å². The Labute approximate surface area is 131 Å². The first-order valence-corrected chi connectivity index (χ1v) is 7.06. The van der Waals surface area contributed by atoms with Crippen LogP contribution in [0.1, 0.15) is 0 Å². The highest BCUT2D eigenvalue weighted by Gasteiger charge is 2.10. The molecule has 4 aromatic rings. The molecule has 7 heteroatoms. The van der Waals surface area contributed by atoms with Crippen molar-refractivity contribution in [2.24, 2.45) is 0 Å². The van der Waals surface area contributed by atoms with Crippen LogP contribution in [0.2, 0.25) is 0 Å². The first-order chi connectivity index (χ1) is 11.3. The summed E-state index contributed by atoms with van der Waals surface area (Å²) in [6, 6.07) is 17.6. The fourth-order valence-corrected chi connectivity index (χ4v) is 2.39. The van der Waals surface area contributed by atoms with Gasteiger partial charge >= 0.3 is 0 Å². The van der Waals surface area contributed by atoms with Gasteiger partial charge in [0.05, 0.1) is 17.6 Å². The molecule has 0 atom stereocenters. The number of hydrogen-bond acceptors (Lipinski definition) is 5. The number of nitrogens with zero attached hydrogens (tertiary/aromatic N) is 5. The molecule has 0 aliphatic carbocycles. The normalized spacial score (nSPS) is 10.8. The molecule has 23 heavy (non-hydrogen) atoms. The van der Waals surface area contributed by atoms with Crippen molar-refractivity contribution in [2.45, 2.75) is 0 Å². The number of nitrogen functional groups attached to an aromatic ring is 1. The number of benzene rings is 2. The molecule has 0 unspecified atom stereocenters. The fraction of sp³-hybridized carbons (Fsp3) is 0. The molecule has 112 valence electrons. The van der Waals surface area contributed by atoms with Crippen molar-refractivity contribution in [3.8, 4) is 28.3 Å². The second kappa shape index (κ2) is 5.38. The third kappa shape index (κ3) is 2.44. The Kier molecular flexibility index (Phi) is 3.09. The lowest BCUT2D eigenvalue weighted by atomic mass is 10.1. The average molecular weight is 303 g/mol. The first-order valence-electron chi connectivity index (χ1n) is 7.06. The molecule has 2 heterocycles. The number of rotatable bonds is 3. The van der Waals surface area contributed by atoms with Crippen LogP contribution in [0.25, 0.3) is 28.3 Å². The number of tetrazole rings is 1. The van der Waals surface area contributed by atoms with Crippen LogP contribution in [0.3, 0.4) is 0 Å². The van der Waals surface area contributed by atoms with E-state index in [-0.39, 0.29) is 0 Å². The van der Waals surface area contributed by atoms with Gasteiger partial charge in [0.15, 0.2) is 0 Å². The lowest BCUT2D eigenvalue weighted by Crippen LogP contribution is -1.95. The monoisotopic (exact) mass is 303 g/mol. The third-order valence-corrected chi connectivity index (χ3v) is 3.53. The summed E-state index contributed by atoms with van der Waals surface area (Å²) in [6.45, 7) is 0. The van der Waals surface area contributed by atoms with Crippen molar-refractivity contribution >= 4 is 5.69 Å². The van der Waals surface area contributed by atoms with Gasteiger partial charge in [-0.15, -0.1) is 10.2 Å². The molecule has 2 aromatic carbocycles. The van der Waals surface area contributed by atoms with E-state index in [1.165, 1.54) is 0 Å². The van der Waals surface area contributed by atoms with Crippen molar-refractivity contribution in [2.75, 3.05) is 5.73 Å². The number of anilines is 1. The molecule has 4 rings (SSSR count). The van der Waals surface area contributed by atoms with Gasteiger partial charge in [0, 0.05) is 11.1 Å². The molecule has 3 N–H and O–H groups in total. The van der Waals surface area contributed by atoms with E-state index in [1.807, 2.05) is 60.8 Å². The minimum Gasteiger partial charge on any atom is -0.396 e. The van der Waals surface area contributed by atoms with Gasteiger partial charge in [0.2, 0.25) is 5.82 Å². The highest BCUT2D eigenvalue weighted by atomic mass is 15.5. The Morgan fingerprint density at radius 3 is 2.39 bits per heavy atom. The summed E-state index contributed by atoms with van der Waals surface area (Å²) < 4.78 is 1.76. The molecule has 0 aliphatic rings. The molecule has 0 radical (unpaired) electrons. The van der Waals surface area contributed by atoms with E-state index in [1.54, 1.807) is 4.68 Å². The van der Waals surface area contributed by atoms with Crippen molar-refractivity contribution in [3.05, 3.63) is 60.8 Å². The van der Waals surface area contributed by atoms with E-state index < -0.39 is 0 Å². The Morgan fingerprint density at radius 1 is 0.913 bits per heavy atom. The summed E-state index contributed by atoms with van der Waals surface area (Å²) >= 11 is 0. The standard InChI is InChI=1S/C16H13N7/c17-14-10-23(20-15(14)11-4-2-1-3-5-11)13-8-6-12(7-9-13)16-18-21-22-19-16/h1-10H,17H2,(H,18,19,21,22). The summed E-state index contributed by atoms with van der Waals surface area (Å²) in [6.07, 6.45) is 1.81. The highest BCUT2D eigenvalue weighted by molar-refractivity contribution is 5.72. The van der Waals surface area contributed by atoms with Gasteiger partial charge in [0.25, 0.3) is 0 Å². The fourth-order valence-electron chi connectivity index (χ4n) is 2.39. The Morgan fingerprint density at radius 2 is 1.70 bits per heavy atom. The number of aromatic amines is 1. The van der Waals surface area contributed by atoms with Gasteiger partial charge in [-0.3, -0.25) is 0 Å². The summed E-state index contributed by atoms with van der Waals surface area (Å²) in [5, 5.41) is 18.5. The third-order valence-electron chi connectivity index (χ3n) is 3.53. The second-order valence-corrected chi connectivity index (χ2v) is 5.03. The molecule has 0 saturated heterocycles. The van der Waals surface area contributed by atoms with Gasteiger partial charge in [-0.1, -0.05) is 30.3 Å². The van der Waals surface area contributed by atoms with E-state index in [4.69, 9.17) is 5.73 Å². The smallest absolute Gasteiger partial charge is 0.204 e. The molecular weight excluding hydrogens is 290 g/mol. The van der Waals surface area contributed by atoms with Gasteiger partial charge in [-0.2, -0.15) is 10.3 Å². The van der Waals surface area contributed by atoms with Gasteiger partial charge in [-0.05, 0) is 29.5 Å². The van der Waals surface area contributed by atoms with Crippen LogP contribution in [0.5, 0.6) is 0 Å². The number of aromatic nitrogens is 6. The zero-order valence-electron chi connectivity index (χ0n) is 12.1. The molecule has 0 bridgehead atoms. The van der Waals surface area contributed by atoms with E-state index in [9.17, 15) is 0 Å². The van der Waals surface area contributed by atoms with Crippen LogP contribution in [-0.4, -0.2) is 30.4 Å². The Bertz CT molecular complexity index is 909. The summed E-state index contributed by atoms with van der Waals surface area (Å²) in [4.78, 5) is 0. The molecule has 2 aromatic heterocycles. The summed E-state index contributed by atoms with van der Waals surface area (Å²) in [5.74, 6) is 0.557. The van der Waals surface area contributed by atoms with Crippen LogP contribution in [0.4, 0.5) is 5.69 Å². The summed E-state index contributed by atoms with van der Waals surface area (Å²) in [7, 11) is 0. The maximum absolute atomic E-state index is 6.10. The molecular formula is C16H13N7.